The molecule has 4 nitrogen and oxygen atoms in total. The van der Waals surface area contributed by atoms with Crippen LogP contribution >= 0.6 is 27.7 Å². The van der Waals surface area contributed by atoms with E-state index >= 15 is 0 Å². The van der Waals surface area contributed by atoms with E-state index in [0.717, 1.165) is 32.6 Å². The minimum absolute atomic E-state index is 0.0325. The molecule has 2 aromatic carbocycles. The summed E-state index contributed by atoms with van der Waals surface area (Å²) in [4.78, 5) is 0. The molecule has 0 radical (unpaired) electrons. The lowest BCUT2D eigenvalue weighted by molar-refractivity contribution is 0.744. The van der Waals surface area contributed by atoms with E-state index in [1.165, 1.54) is 0 Å². The van der Waals surface area contributed by atoms with Crippen molar-refractivity contribution in [3.05, 3.63) is 64.9 Å². The van der Waals surface area contributed by atoms with Gasteiger partial charge in [0.2, 0.25) is 0 Å². The Bertz CT molecular complexity index is 787. The highest BCUT2D eigenvalue weighted by Crippen LogP contribution is 2.27. The molecule has 0 bridgehead atoms. The van der Waals surface area contributed by atoms with Crippen LogP contribution in [0.2, 0.25) is 0 Å². The average Bonchev–Trinajstić information content (AvgIpc) is 3.02. The first-order chi connectivity index (χ1) is 11.7. The highest BCUT2D eigenvalue weighted by Gasteiger charge is 2.19. The molecule has 3 rings (SSSR count). The summed E-state index contributed by atoms with van der Waals surface area (Å²) >= 11 is 5.16. The Labute approximate surface area is 154 Å². The Morgan fingerprint density at radius 2 is 1.79 bits per heavy atom. The second-order valence-corrected chi connectivity index (χ2v) is 7.46. The van der Waals surface area contributed by atoms with Crippen LogP contribution in [0.1, 0.15) is 25.7 Å². The lowest BCUT2D eigenvalue weighted by Gasteiger charge is -2.17. The highest BCUT2D eigenvalue weighted by molar-refractivity contribution is 9.10. The second-order valence-electron chi connectivity index (χ2n) is 5.32. The first-order valence-corrected chi connectivity index (χ1v) is 9.62. The third-order valence-corrected chi connectivity index (χ3v) is 4.90. The molecule has 3 aromatic rings. The number of anilines is 1. The lowest BCUT2D eigenvalue weighted by Crippen LogP contribution is -2.13. The first-order valence-electron chi connectivity index (χ1n) is 7.84. The maximum absolute atomic E-state index is 4.45. The van der Waals surface area contributed by atoms with Gasteiger partial charge in [0.15, 0.2) is 11.0 Å². The van der Waals surface area contributed by atoms with Crippen LogP contribution in [-0.4, -0.2) is 20.5 Å². The SMILES string of the molecule is CCSc1nnc([C@@H](C)Nc2ccc(Br)cc2)n1-c1ccccc1. The van der Waals surface area contributed by atoms with Gasteiger partial charge >= 0.3 is 0 Å². The Kier molecular flexibility index (Phi) is 5.58. The Morgan fingerprint density at radius 3 is 2.46 bits per heavy atom. The van der Waals surface area contributed by atoms with Crippen LogP contribution in [0.4, 0.5) is 5.69 Å². The van der Waals surface area contributed by atoms with Gasteiger partial charge in [-0.1, -0.05) is 52.8 Å². The summed E-state index contributed by atoms with van der Waals surface area (Å²) in [7, 11) is 0. The maximum Gasteiger partial charge on any atom is 0.195 e. The van der Waals surface area contributed by atoms with E-state index in [9.17, 15) is 0 Å². The van der Waals surface area contributed by atoms with Gasteiger partial charge in [-0.2, -0.15) is 0 Å². The molecule has 24 heavy (non-hydrogen) atoms. The van der Waals surface area contributed by atoms with Gasteiger partial charge in [-0.15, -0.1) is 10.2 Å². The summed E-state index contributed by atoms with van der Waals surface area (Å²) in [5, 5.41) is 13.2. The van der Waals surface area contributed by atoms with Gasteiger partial charge in [0.25, 0.3) is 0 Å². The molecule has 1 heterocycles. The number of aromatic nitrogens is 3. The molecule has 1 aromatic heterocycles. The van der Waals surface area contributed by atoms with Gasteiger partial charge in [0.1, 0.15) is 0 Å². The lowest BCUT2D eigenvalue weighted by atomic mass is 10.2. The number of benzene rings is 2. The van der Waals surface area contributed by atoms with E-state index in [4.69, 9.17) is 0 Å². The molecular formula is C18H19BrN4S. The minimum atomic E-state index is 0.0325. The van der Waals surface area contributed by atoms with Crippen LogP contribution in [-0.2, 0) is 0 Å². The van der Waals surface area contributed by atoms with Crippen molar-refractivity contribution in [2.45, 2.75) is 25.0 Å². The number of nitrogens with zero attached hydrogens (tertiary/aromatic N) is 3. The zero-order chi connectivity index (χ0) is 16.9. The van der Waals surface area contributed by atoms with Crippen molar-refractivity contribution in [1.29, 1.82) is 0 Å². The molecule has 0 fully saturated rings. The van der Waals surface area contributed by atoms with Crippen molar-refractivity contribution in [3.63, 3.8) is 0 Å². The monoisotopic (exact) mass is 402 g/mol. The van der Waals surface area contributed by atoms with Gasteiger partial charge in [-0.3, -0.25) is 4.57 Å². The molecule has 0 aliphatic heterocycles. The summed E-state index contributed by atoms with van der Waals surface area (Å²) in [6.45, 7) is 4.23. The zero-order valence-electron chi connectivity index (χ0n) is 13.6. The molecule has 1 N–H and O–H groups in total. The predicted molar refractivity (Wildman–Crippen MR) is 104 cm³/mol. The summed E-state index contributed by atoms with van der Waals surface area (Å²) in [6, 6.07) is 18.4. The number of thioether (sulfide) groups is 1. The van der Waals surface area contributed by atoms with Crippen LogP contribution in [0.5, 0.6) is 0 Å². The van der Waals surface area contributed by atoms with E-state index in [-0.39, 0.29) is 6.04 Å². The van der Waals surface area contributed by atoms with Crippen LogP contribution in [0.25, 0.3) is 5.69 Å². The summed E-state index contributed by atoms with van der Waals surface area (Å²) in [6.07, 6.45) is 0. The number of nitrogens with one attached hydrogen (secondary N) is 1. The third-order valence-electron chi connectivity index (χ3n) is 3.56. The molecule has 0 unspecified atom stereocenters. The molecule has 0 spiro atoms. The average molecular weight is 403 g/mol. The van der Waals surface area contributed by atoms with E-state index in [2.05, 4.69) is 62.0 Å². The van der Waals surface area contributed by atoms with E-state index < -0.39 is 0 Å². The first kappa shape index (κ1) is 17.0. The molecule has 124 valence electrons. The maximum atomic E-state index is 4.45. The predicted octanol–water partition coefficient (Wildman–Crippen LogP) is 5.31. The Balaban J connectivity index is 1.93. The number of hydrogen-bond donors (Lipinski definition) is 1. The number of halogens is 1. The van der Waals surface area contributed by atoms with E-state index in [1.807, 2.05) is 42.5 Å². The highest BCUT2D eigenvalue weighted by atomic mass is 79.9. The van der Waals surface area contributed by atoms with Gasteiger partial charge in [0, 0.05) is 15.8 Å². The van der Waals surface area contributed by atoms with Crippen LogP contribution in [0.3, 0.4) is 0 Å². The molecule has 0 aliphatic rings. The number of para-hydroxylation sites is 1. The Hall–Kier alpha value is -1.79. The molecule has 0 amide bonds. The van der Waals surface area contributed by atoms with Crippen molar-refractivity contribution in [2.24, 2.45) is 0 Å². The smallest absolute Gasteiger partial charge is 0.195 e. The molecule has 0 saturated heterocycles. The van der Waals surface area contributed by atoms with Crippen molar-refractivity contribution < 1.29 is 0 Å². The molecule has 0 aliphatic carbocycles. The second kappa shape index (κ2) is 7.85. The zero-order valence-corrected chi connectivity index (χ0v) is 16.0. The largest absolute Gasteiger partial charge is 0.375 e. The van der Waals surface area contributed by atoms with Crippen molar-refractivity contribution in [1.82, 2.24) is 14.8 Å². The van der Waals surface area contributed by atoms with Crippen molar-refractivity contribution in [3.8, 4) is 5.69 Å². The van der Waals surface area contributed by atoms with Crippen molar-refractivity contribution >= 4 is 33.4 Å². The fourth-order valence-electron chi connectivity index (χ4n) is 2.46. The normalized spacial score (nSPS) is 12.1. The van der Waals surface area contributed by atoms with Crippen LogP contribution in [0.15, 0.2) is 64.2 Å². The number of rotatable bonds is 6. The molecule has 6 heteroatoms. The van der Waals surface area contributed by atoms with Crippen molar-refractivity contribution in [2.75, 3.05) is 11.1 Å². The Morgan fingerprint density at radius 1 is 1.08 bits per heavy atom. The van der Waals surface area contributed by atoms with Gasteiger partial charge in [-0.05, 0) is 49.1 Å². The molecular weight excluding hydrogens is 384 g/mol. The van der Waals surface area contributed by atoms with E-state index in [1.54, 1.807) is 11.8 Å². The fourth-order valence-corrected chi connectivity index (χ4v) is 3.41. The summed E-state index contributed by atoms with van der Waals surface area (Å²) in [5.41, 5.74) is 2.14. The van der Waals surface area contributed by atoms with Crippen LogP contribution in [0, 0.1) is 0 Å². The minimum Gasteiger partial charge on any atom is -0.375 e. The van der Waals surface area contributed by atoms with E-state index in [0.29, 0.717) is 0 Å². The van der Waals surface area contributed by atoms with Gasteiger partial charge in [-0.25, -0.2) is 0 Å². The summed E-state index contributed by atoms with van der Waals surface area (Å²) in [5.74, 6) is 1.86. The van der Waals surface area contributed by atoms with Gasteiger partial charge in [0.05, 0.1) is 6.04 Å². The number of hydrogen-bond acceptors (Lipinski definition) is 4. The topological polar surface area (TPSA) is 42.7 Å². The standard InChI is InChI=1S/C18H19BrN4S/c1-3-24-18-22-21-17(23(18)16-7-5-4-6-8-16)13(2)20-15-11-9-14(19)10-12-15/h4-13,20H,3H2,1-2H3/t13-/m1/s1. The molecule has 0 saturated carbocycles. The van der Waals surface area contributed by atoms with Gasteiger partial charge < -0.3 is 5.32 Å². The van der Waals surface area contributed by atoms with Crippen LogP contribution < -0.4 is 5.32 Å². The third kappa shape index (κ3) is 3.82. The quantitative estimate of drug-likeness (QED) is 0.566. The molecule has 1 atom stereocenters. The summed E-state index contributed by atoms with van der Waals surface area (Å²) < 4.78 is 3.19. The fraction of sp³-hybridized carbons (Fsp3) is 0.222.